The van der Waals surface area contributed by atoms with Crippen molar-refractivity contribution in [1.29, 1.82) is 0 Å². The summed E-state index contributed by atoms with van der Waals surface area (Å²) in [6.45, 7) is 6.35. The molecule has 3 rings (SSSR count). The average molecular weight is 441 g/mol. The van der Waals surface area contributed by atoms with Gasteiger partial charge in [0.2, 0.25) is 5.91 Å². The van der Waals surface area contributed by atoms with Crippen LogP contribution in [0.25, 0.3) is 0 Å². The predicted molar refractivity (Wildman–Crippen MR) is 122 cm³/mol. The monoisotopic (exact) mass is 440 g/mol. The topological polar surface area (TPSA) is 76.9 Å². The maximum atomic E-state index is 12.3. The van der Waals surface area contributed by atoms with Gasteiger partial charge >= 0.3 is 0 Å². The van der Waals surface area contributed by atoms with Crippen LogP contribution in [-0.2, 0) is 17.1 Å². The Morgan fingerprint density at radius 2 is 1.83 bits per heavy atom. The van der Waals surface area contributed by atoms with Gasteiger partial charge in [-0.2, -0.15) is 0 Å². The Kier molecular flexibility index (Phi) is 7.70. The van der Waals surface area contributed by atoms with E-state index in [1.807, 2.05) is 11.5 Å². The first-order valence-electron chi connectivity index (χ1n) is 9.61. The van der Waals surface area contributed by atoms with Gasteiger partial charge in [-0.1, -0.05) is 41.6 Å². The van der Waals surface area contributed by atoms with Crippen molar-refractivity contribution in [3.8, 4) is 0 Å². The quantitative estimate of drug-likeness (QED) is 0.379. The van der Waals surface area contributed by atoms with Gasteiger partial charge in [0.25, 0.3) is 0 Å². The van der Waals surface area contributed by atoms with E-state index >= 15 is 0 Å². The van der Waals surface area contributed by atoms with Gasteiger partial charge in [0.15, 0.2) is 10.9 Å². The van der Waals surface area contributed by atoms with Gasteiger partial charge in [0, 0.05) is 22.7 Å². The second-order valence-electron chi connectivity index (χ2n) is 6.72. The highest BCUT2D eigenvalue weighted by atomic mass is 32.2. The fourth-order valence-electron chi connectivity index (χ4n) is 2.78. The number of hydrogen-bond donors (Lipinski definition) is 1. The summed E-state index contributed by atoms with van der Waals surface area (Å²) in [5.74, 6) is 1.64. The molecule has 6 nitrogen and oxygen atoms in total. The molecule has 1 amide bonds. The number of anilines is 1. The summed E-state index contributed by atoms with van der Waals surface area (Å²) in [6.07, 6.45) is 0. The molecule has 0 aliphatic carbocycles. The molecule has 0 unspecified atom stereocenters. The van der Waals surface area contributed by atoms with Crippen molar-refractivity contribution in [2.75, 3.05) is 11.1 Å². The first kappa shape index (κ1) is 22.1. The number of nitrogens with one attached hydrogen (secondary N) is 1. The number of Topliss-reactive ketones (excluding diaryl/α,β-unsaturated/α-hetero) is 1. The third-order valence-electron chi connectivity index (χ3n) is 4.38. The minimum atomic E-state index is -0.151. The molecule has 0 bridgehead atoms. The Morgan fingerprint density at radius 3 is 2.53 bits per heavy atom. The average Bonchev–Trinajstić information content (AvgIpc) is 3.14. The van der Waals surface area contributed by atoms with Crippen molar-refractivity contribution in [1.82, 2.24) is 14.8 Å². The zero-order valence-electron chi connectivity index (χ0n) is 17.2. The van der Waals surface area contributed by atoms with E-state index in [0.717, 1.165) is 17.5 Å². The van der Waals surface area contributed by atoms with Gasteiger partial charge in [-0.05, 0) is 45.0 Å². The van der Waals surface area contributed by atoms with Crippen LogP contribution in [0.15, 0.2) is 58.6 Å². The zero-order chi connectivity index (χ0) is 21.5. The smallest absolute Gasteiger partial charge is 0.234 e. The molecule has 0 atom stereocenters. The van der Waals surface area contributed by atoms with Crippen LogP contribution < -0.4 is 5.32 Å². The molecule has 0 saturated heterocycles. The molecule has 0 aliphatic heterocycles. The zero-order valence-corrected chi connectivity index (χ0v) is 18.8. The van der Waals surface area contributed by atoms with Crippen LogP contribution in [0.2, 0.25) is 0 Å². The molecule has 0 saturated carbocycles. The van der Waals surface area contributed by atoms with Crippen LogP contribution in [-0.4, -0.2) is 32.2 Å². The number of hydrogen-bond acceptors (Lipinski definition) is 6. The van der Waals surface area contributed by atoms with E-state index in [1.165, 1.54) is 29.1 Å². The number of amides is 1. The van der Waals surface area contributed by atoms with E-state index in [4.69, 9.17) is 0 Å². The van der Waals surface area contributed by atoms with Crippen molar-refractivity contribution in [3.05, 3.63) is 65.5 Å². The molecule has 0 fully saturated rings. The second-order valence-corrected chi connectivity index (χ2v) is 8.71. The van der Waals surface area contributed by atoms with E-state index in [-0.39, 0.29) is 17.4 Å². The summed E-state index contributed by atoms with van der Waals surface area (Å²) in [5, 5.41) is 12.1. The summed E-state index contributed by atoms with van der Waals surface area (Å²) in [5.41, 5.74) is 2.42. The Hall–Kier alpha value is -2.58. The molecule has 1 aromatic heterocycles. The van der Waals surface area contributed by atoms with Gasteiger partial charge in [-0.25, -0.2) is 0 Å². The lowest BCUT2D eigenvalue weighted by atomic mass is 10.1. The van der Waals surface area contributed by atoms with Crippen molar-refractivity contribution >= 4 is 40.9 Å². The van der Waals surface area contributed by atoms with Crippen LogP contribution in [0.5, 0.6) is 0 Å². The number of thioether (sulfide) groups is 2. The van der Waals surface area contributed by atoms with Crippen LogP contribution >= 0.6 is 23.5 Å². The van der Waals surface area contributed by atoms with Crippen LogP contribution in [0.3, 0.4) is 0 Å². The predicted octanol–water partition coefficient (Wildman–Crippen LogP) is 4.83. The summed E-state index contributed by atoms with van der Waals surface area (Å²) in [6, 6.07) is 15.3. The fourth-order valence-corrected chi connectivity index (χ4v) is 4.43. The lowest BCUT2D eigenvalue weighted by Crippen LogP contribution is -2.15. The SMILES string of the molecule is CCn1c(CSc2ccc(C)cc2)nnc1SCC(=O)Nc1cccc(C(C)=O)c1. The first-order chi connectivity index (χ1) is 14.5. The summed E-state index contributed by atoms with van der Waals surface area (Å²) >= 11 is 3.07. The molecule has 1 N–H and O–H groups in total. The third-order valence-corrected chi connectivity index (χ3v) is 6.36. The van der Waals surface area contributed by atoms with Crippen LogP contribution in [0, 0.1) is 6.92 Å². The Bertz CT molecular complexity index is 1030. The van der Waals surface area contributed by atoms with Crippen molar-refractivity contribution in [3.63, 3.8) is 0 Å². The molecular formula is C22H24N4O2S2. The molecule has 30 heavy (non-hydrogen) atoms. The number of carbonyl (C=O) groups excluding carboxylic acids is 2. The number of aromatic nitrogens is 3. The van der Waals surface area contributed by atoms with Crippen molar-refractivity contribution in [2.45, 2.75) is 43.1 Å². The molecule has 0 aliphatic rings. The second kappa shape index (κ2) is 10.4. The molecule has 8 heteroatoms. The number of benzene rings is 2. The van der Waals surface area contributed by atoms with E-state index in [2.05, 4.69) is 46.7 Å². The summed E-state index contributed by atoms with van der Waals surface area (Å²) in [7, 11) is 0. The van der Waals surface area contributed by atoms with Gasteiger partial charge in [-0.3, -0.25) is 9.59 Å². The minimum Gasteiger partial charge on any atom is -0.325 e. The maximum absolute atomic E-state index is 12.3. The number of nitrogens with zero attached hydrogens (tertiary/aromatic N) is 3. The molecule has 0 spiro atoms. The van der Waals surface area contributed by atoms with Gasteiger partial charge in [-0.15, -0.1) is 22.0 Å². The molecule has 3 aromatic rings. The van der Waals surface area contributed by atoms with Gasteiger partial charge in [0.1, 0.15) is 5.82 Å². The molecule has 1 heterocycles. The summed E-state index contributed by atoms with van der Waals surface area (Å²) < 4.78 is 2.04. The molecule has 0 radical (unpaired) electrons. The number of ketones is 1. The van der Waals surface area contributed by atoms with E-state index in [9.17, 15) is 9.59 Å². The minimum absolute atomic E-state index is 0.0347. The summed E-state index contributed by atoms with van der Waals surface area (Å²) in [4.78, 5) is 25.0. The molecule has 2 aromatic carbocycles. The number of aryl methyl sites for hydroxylation is 1. The lowest BCUT2D eigenvalue weighted by Gasteiger charge is -2.08. The lowest BCUT2D eigenvalue weighted by molar-refractivity contribution is -0.113. The third kappa shape index (κ3) is 5.96. The standard InChI is InChI=1S/C22H24N4O2S2/c1-4-26-20(13-29-19-10-8-15(2)9-11-19)24-25-22(26)30-14-21(28)23-18-7-5-6-17(12-18)16(3)27/h5-12H,4,13-14H2,1-3H3,(H,23,28). The van der Waals surface area contributed by atoms with Crippen molar-refractivity contribution in [2.24, 2.45) is 0 Å². The van der Waals surface area contributed by atoms with E-state index in [1.54, 1.807) is 36.0 Å². The highest BCUT2D eigenvalue weighted by Gasteiger charge is 2.14. The molecular weight excluding hydrogens is 416 g/mol. The van der Waals surface area contributed by atoms with Crippen LogP contribution in [0.1, 0.15) is 35.6 Å². The highest BCUT2D eigenvalue weighted by molar-refractivity contribution is 7.99. The van der Waals surface area contributed by atoms with Crippen molar-refractivity contribution < 1.29 is 9.59 Å². The number of carbonyl (C=O) groups is 2. The largest absolute Gasteiger partial charge is 0.325 e. The van der Waals surface area contributed by atoms with Gasteiger partial charge in [0.05, 0.1) is 11.5 Å². The number of rotatable bonds is 9. The Morgan fingerprint density at radius 1 is 1.07 bits per heavy atom. The normalized spacial score (nSPS) is 10.8. The Labute approximate surface area is 184 Å². The highest BCUT2D eigenvalue weighted by Crippen LogP contribution is 2.25. The van der Waals surface area contributed by atoms with E-state index in [0.29, 0.717) is 17.0 Å². The first-order valence-corrected chi connectivity index (χ1v) is 11.6. The molecule has 156 valence electrons. The van der Waals surface area contributed by atoms with Crippen LogP contribution in [0.4, 0.5) is 5.69 Å². The Balaban J connectivity index is 1.57. The van der Waals surface area contributed by atoms with Gasteiger partial charge < -0.3 is 9.88 Å². The maximum Gasteiger partial charge on any atom is 0.234 e. The fraction of sp³-hybridized carbons (Fsp3) is 0.273. The van der Waals surface area contributed by atoms with E-state index < -0.39 is 0 Å².